The molecule has 1 unspecified atom stereocenters. The number of carbonyl (C=O) groups excluding carboxylic acids is 1. The Bertz CT molecular complexity index is 341. The van der Waals surface area contributed by atoms with E-state index in [-0.39, 0.29) is 6.61 Å². The summed E-state index contributed by atoms with van der Waals surface area (Å²) in [5, 5.41) is 0. The van der Waals surface area contributed by atoms with Crippen LogP contribution in [0.1, 0.15) is 26.7 Å². The van der Waals surface area contributed by atoms with Crippen molar-refractivity contribution >= 4 is 40.8 Å². The molecule has 1 atom stereocenters. The van der Waals surface area contributed by atoms with Crippen molar-refractivity contribution in [3.63, 3.8) is 0 Å². The fourth-order valence-electron chi connectivity index (χ4n) is 1.78. The molecule has 0 aromatic carbocycles. The second-order valence-corrected chi connectivity index (χ2v) is 6.59. The average molecular weight is 332 g/mol. The molecule has 1 rings (SSSR count). The third kappa shape index (κ3) is 5.78. The quantitative estimate of drug-likeness (QED) is 0.440. The van der Waals surface area contributed by atoms with Crippen LogP contribution in [0.25, 0.3) is 0 Å². The molecular formula is C12H17Cl3O4. The standard InChI is InChI=1S/C12H17Cl3O4/c1-3-17-8(2)10(9-5-4-6-18-9)11(16)19-7-12(13,14)15/h8H,3-7H2,1-2H3/b10-9-. The van der Waals surface area contributed by atoms with Gasteiger partial charge >= 0.3 is 5.97 Å². The van der Waals surface area contributed by atoms with Crippen LogP contribution in [-0.2, 0) is 19.0 Å². The van der Waals surface area contributed by atoms with Crippen molar-refractivity contribution in [1.29, 1.82) is 0 Å². The van der Waals surface area contributed by atoms with E-state index >= 15 is 0 Å². The molecule has 0 spiro atoms. The van der Waals surface area contributed by atoms with Gasteiger partial charge in [0.05, 0.1) is 12.7 Å². The highest BCUT2D eigenvalue weighted by atomic mass is 35.6. The van der Waals surface area contributed by atoms with E-state index in [1.807, 2.05) is 6.92 Å². The van der Waals surface area contributed by atoms with Gasteiger partial charge in [0.1, 0.15) is 17.9 Å². The molecule has 0 aromatic heterocycles. The van der Waals surface area contributed by atoms with Gasteiger partial charge in [-0.05, 0) is 20.3 Å². The molecule has 1 fully saturated rings. The summed E-state index contributed by atoms with van der Waals surface area (Å²) in [7, 11) is 0. The van der Waals surface area contributed by atoms with Crippen molar-refractivity contribution in [2.75, 3.05) is 19.8 Å². The third-order valence-electron chi connectivity index (χ3n) is 2.53. The highest BCUT2D eigenvalue weighted by molar-refractivity contribution is 6.67. The van der Waals surface area contributed by atoms with E-state index in [0.717, 1.165) is 6.42 Å². The monoisotopic (exact) mass is 330 g/mol. The number of halogens is 3. The lowest BCUT2D eigenvalue weighted by atomic mass is 10.1. The molecule has 7 heteroatoms. The van der Waals surface area contributed by atoms with Gasteiger partial charge in [-0.1, -0.05) is 34.8 Å². The summed E-state index contributed by atoms with van der Waals surface area (Å²) in [6, 6.07) is 0. The van der Waals surface area contributed by atoms with Gasteiger partial charge in [-0.25, -0.2) is 4.79 Å². The van der Waals surface area contributed by atoms with Gasteiger partial charge in [-0.15, -0.1) is 0 Å². The molecule has 19 heavy (non-hydrogen) atoms. The molecule has 0 N–H and O–H groups in total. The molecular weight excluding hydrogens is 314 g/mol. The number of hydrogen-bond donors (Lipinski definition) is 0. The SMILES string of the molecule is CCOC(C)/C(C(=O)OCC(Cl)(Cl)Cl)=C1\CCCO1. The Morgan fingerprint density at radius 3 is 2.63 bits per heavy atom. The van der Waals surface area contributed by atoms with E-state index in [2.05, 4.69) is 0 Å². The van der Waals surface area contributed by atoms with Gasteiger partial charge in [-0.2, -0.15) is 0 Å². The normalized spacial score (nSPS) is 19.8. The van der Waals surface area contributed by atoms with E-state index in [1.54, 1.807) is 6.92 Å². The van der Waals surface area contributed by atoms with Crippen LogP contribution in [0.3, 0.4) is 0 Å². The Labute approximate surface area is 127 Å². The number of allylic oxidation sites excluding steroid dienone is 1. The lowest BCUT2D eigenvalue weighted by Crippen LogP contribution is -2.25. The van der Waals surface area contributed by atoms with Crippen LogP contribution in [0, 0.1) is 0 Å². The molecule has 1 aliphatic rings. The summed E-state index contributed by atoms with van der Waals surface area (Å²) in [4.78, 5) is 12.1. The zero-order valence-electron chi connectivity index (χ0n) is 10.9. The zero-order chi connectivity index (χ0) is 14.5. The topological polar surface area (TPSA) is 44.8 Å². The van der Waals surface area contributed by atoms with Crippen LogP contribution in [0.4, 0.5) is 0 Å². The maximum absolute atomic E-state index is 12.1. The molecule has 1 saturated heterocycles. The lowest BCUT2D eigenvalue weighted by Gasteiger charge is -2.18. The molecule has 0 saturated carbocycles. The minimum absolute atomic E-state index is 0.313. The minimum atomic E-state index is -1.63. The number of alkyl halides is 3. The molecule has 0 amide bonds. The zero-order valence-corrected chi connectivity index (χ0v) is 13.1. The minimum Gasteiger partial charge on any atom is -0.497 e. The van der Waals surface area contributed by atoms with Crippen molar-refractivity contribution in [1.82, 2.24) is 0 Å². The molecule has 4 nitrogen and oxygen atoms in total. The summed E-state index contributed by atoms with van der Waals surface area (Å²) in [6.45, 7) is 4.38. The van der Waals surface area contributed by atoms with Crippen molar-refractivity contribution in [2.24, 2.45) is 0 Å². The van der Waals surface area contributed by atoms with Gasteiger partial charge in [0.2, 0.25) is 3.79 Å². The number of esters is 1. The fourth-order valence-corrected chi connectivity index (χ4v) is 1.94. The highest BCUT2D eigenvalue weighted by Gasteiger charge is 2.29. The maximum atomic E-state index is 12.1. The molecule has 0 radical (unpaired) electrons. The highest BCUT2D eigenvalue weighted by Crippen LogP contribution is 2.28. The number of ether oxygens (including phenoxy) is 3. The van der Waals surface area contributed by atoms with Crippen molar-refractivity contribution in [3.05, 3.63) is 11.3 Å². The predicted molar refractivity (Wildman–Crippen MR) is 74.5 cm³/mol. The molecule has 0 bridgehead atoms. The summed E-state index contributed by atoms with van der Waals surface area (Å²) in [5.41, 5.74) is 0.369. The first kappa shape index (κ1) is 16.9. The molecule has 1 aliphatic heterocycles. The van der Waals surface area contributed by atoms with Crippen LogP contribution in [-0.4, -0.2) is 35.7 Å². The van der Waals surface area contributed by atoms with E-state index in [4.69, 9.17) is 49.0 Å². The first-order valence-corrected chi connectivity index (χ1v) is 7.20. The van der Waals surface area contributed by atoms with Gasteiger partial charge in [0.25, 0.3) is 0 Å². The number of hydrogen-bond acceptors (Lipinski definition) is 4. The largest absolute Gasteiger partial charge is 0.497 e. The molecule has 0 aromatic rings. The molecule has 0 aliphatic carbocycles. The smallest absolute Gasteiger partial charge is 0.340 e. The Kier molecular flexibility index (Phi) is 6.74. The Morgan fingerprint density at radius 1 is 1.47 bits per heavy atom. The fraction of sp³-hybridized carbons (Fsp3) is 0.750. The maximum Gasteiger partial charge on any atom is 0.340 e. The van der Waals surface area contributed by atoms with Crippen LogP contribution < -0.4 is 0 Å². The average Bonchev–Trinajstić information content (AvgIpc) is 2.79. The molecule has 1 heterocycles. The third-order valence-corrected chi connectivity index (χ3v) is 2.86. The first-order chi connectivity index (χ1) is 8.85. The van der Waals surface area contributed by atoms with Gasteiger partial charge < -0.3 is 14.2 Å². The van der Waals surface area contributed by atoms with Crippen LogP contribution >= 0.6 is 34.8 Å². The molecule has 110 valence electrons. The van der Waals surface area contributed by atoms with E-state index in [1.165, 1.54) is 0 Å². The van der Waals surface area contributed by atoms with Gasteiger partial charge in [0, 0.05) is 13.0 Å². The second-order valence-electron chi connectivity index (χ2n) is 4.08. The Hall–Kier alpha value is -0.160. The predicted octanol–water partition coefficient (Wildman–Crippen LogP) is 3.39. The van der Waals surface area contributed by atoms with E-state index in [9.17, 15) is 4.79 Å². The van der Waals surface area contributed by atoms with E-state index in [0.29, 0.717) is 31.0 Å². The number of rotatable bonds is 5. The summed E-state index contributed by atoms with van der Waals surface area (Å²) in [5.74, 6) is 0.0412. The number of carbonyl (C=O) groups is 1. The Balaban J connectivity index is 2.79. The van der Waals surface area contributed by atoms with Gasteiger partial charge in [-0.3, -0.25) is 0 Å². The van der Waals surface area contributed by atoms with Gasteiger partial charge in [0.15, 0.2) is 0 Å². The second kappa shape index (κ2) is 7.58. The summed E-state index contributed by atoms with van der Waals surface area (Å²) >= 11 is 16.7. The van der Waals surface area contributed by atoms with Crippen molar-refractivity contribution < 1.29 is 19.0 Å². The van der Waals surface area contributed by atoms with Crippen LogP contribution in [0.2, 0.25) is 0 Å². The summed E-state index contributed by atoms with van der Waals surface area (Å²) in [6.07, 6.45) is 1.14. The van der Waals surface area contributed by atoms with Crippen LogP contribution in [0.5, 0.6) is 0 Å². The lowest BCUT2D eigenvalue weighted by molar-refractivity contribution is -0.140. The Morgan fingerprint density at radius 2 is 2.16 bits per heavy atom. The van der Waals surface area contributed by atoms with Crippen molar-refractivity contribution in [2.45, 2.75) is 36.6 Å². The van der Waals surface area contributed by atoms with E-state index < -0.39 is 15.9 Å². The van der Waals surface area contributed by atoms with Crippen LogP contribution in [0.15, 0.2) is 11.3 Å². The first-order valence-electron chi connectivity index (χ1n) is 6.06. The summed E-state index contributed by atoms with van der Waals surface area (Å²) < 4.78 is 14.2. The van der Waals surface area contributed by atoms with Crippen molar-refractivity contribution in [3.8, 4) is 0 Å².